The molecule has 0 saturated carbocycles. The van der Waals surface area contributed by atoms with Crippen molar-refractivity contribution in [2.75, 3.05) is 25.5 Å². The molecule has 1 saturated heterocycles. The molecule has 0 spiro atoms. The van der Waals surface area contributed by atoms with E-state index in [1.165, 1.54) is 0 Å². The van der Waals surface area contributed by atoms with Crippen LogP contribution in [-0.2, 0) is 0 Å². The Balaban J connectivity index is 0.00000182. The quantitative estimate of drug-likeness (QED) is 0.808. The Hall–Kier alpha value is -1.82. The summed E-state index contributed by atoms with van der Waals surface area (Å²) in [5.74, 6) is -0.0557. The van der Waals surface area contributed by atoms with Gasteiger partial charge in [0, 0.05) is 49.8 Å². The second-order valence-corrected chi connectivity index (χ2v) is 6.87. The van der Waals surface area contributed by atoms with Gasteiger partial charge in [-0.15, -0.1) is 24.8 Å². The number of benzene rings is 1. The molecule has 0 aliphatic carbocycles. The lowest BCUT2D eigenvalue weighted by Gasteiger charge is -2.30. The van der Waals surface area contributed by atoms with Gasteiger partial charge in [-0.2, -0.15) is 0 Å². The molecule has 2 unspecified atom stereocenters. The Morgan fingerprint density at radius 1 is 1.15 bits per heavy atom. The lowest BCUT2D eigenvalue weighted by atomic mass is 9.99. The van der Waals surface area contributed by atoms with E-state index < -0.39 is 0 Å². The second kappa shape index (κ2) is 10.5. The summed E-state index contributed by atoms with van der Waals surface area (Å²) in [5, 5.41) is 6.55. The van der Waals surface area contributed by atoms with Crippen molar-refractivity contribution >= 4 is 36.4 Å². The van der Waals surface area contributed by atoms with Crippen LogP contribution in [0.5, 0.6) is 0 Å². The van der Waals surface area contributed by atoms with E-state index in [1.807, 2.05) is 20.2 Å². The van der Waals surface area contributed by atoms with Gasteiger partial charge in [-0.1, -0.05) is 12.1 Å². The topological polar surface area (TPSA) is 57.3 Å². The molecule has 5 nitrogen and oxygen atoms in total. The predicted octanol–water partition coefficient (Wildman–Crippen LogP) is 3.53. The number of anilines is 1. The highest BCUT2D eigenvalue weighted by molar-refractivity contribution is 5.95. The maximum absolute atomic E-state index is 12.6. The number of rotatable bonds is 4. The van der Waals surface area contributed by atoms with Crippen molar-refractivity contribution in [1.82, 2.24) is 15.6 Å². The number of nitrogens with one attached hydrogen (secondary N) is 2. The molecule has 27 heavy (non-hydrogen) atoms. The fraction of sp³-hybridized carbons (Fsp3) is 0.400. The van der Waals surface area contributed by atoms with Crippen LogP contribution in [-0.4, -0.2) is 43.6 Å². The van der Waals surface area contributed by atoms with Crippen molar-refractivity contribution in [2.45, 2.75) is 31.8 Å². The van der Waals surface area contributed by atoms with Crippen molar-refractivity contribution in [3.05, 3.63) is 48.3 Å². The molecule has 2 atom stereocenters. The summed E-state index contributed by atoms with van der Waals surface area (Å²) in [5.41, 5.74) is 3.75. The van der Waals surface area contributed by atoms with Gasteiger partial charge in [0.25, 0.3) is 5.91 Å². The molecule has 0 radical (unpaired) electrons. The number of piperidine rings is 1. The lowest BCUT2D eigenvalue weighted by molar-refractivity contribution is 0.0919. The number of hydrogen-bond acceptors (Lipinski definition) is 4. The van der Waals surface area contributed by atoms with E-state index in [2.05, 4.69) is 51.7 Å². The van der Waals surface area contributed by atoms with Crippen LogP contribution < -0.4 is 15.5 Å². The van der Waals surface area contributed by atoms with Gasteiger partial charge in [0.1, 0.15) is 0 Å². The SMILES string of the molecule is CC1NCCCC1NC(=O)c1cncc(-c2ccc(N(C)C)cc2)c1.Cl.Cl. The van der Waals surface area contributed by atoms with Crippen LogP contribution >= 0.6 is 24.8 Å². The molecule has 2 N–H and O–H groups in total. The monoisotopic (exact) mass is 410 g/mol. The predicted molar refractivity (Wildman–Crippen MR) is 116 cm³/mol. The number of nitrogens with zero attached hydrogens (tertiary/aromatic N) is 2. The summed E-state index contributed by atoms with van der Waals surface area (Å²) in [4.78, 5) is 18.9. The second-order valence-electron chi connectivity index (χ2n) is 6.87. The van der Waals surface area contributed by atoms with Gasteiger partial charge in [-0.25, -0.2) is 0 Å². The minimum Gasteiger partial charge on any atom is -0.378 e. The standard InChI is InChI=1S/C20H26N4O.2ClH/c1-14-19(5-4-10-22-14)23-20(25)17-11-16(12-21-13-17)15-6-8-18(9-7-15)24(2)3;;/h6-9,11-14,19,22H,4-5,10H2,1-3H3,(H,23,25);2*1H. The van der Waals surface area contributed by atoms with E-state index in [0.717, 1.165) is 36.2 Å². The normalized spacial score (nSPS) is 18.6. The van der Waals surface area contributed by atoms with Crippen LogP contribution in [0.15, 0.2) is 42.7 Å². The Labute approximate surface area is 173 Å². The van der Waals surface area contributed by atoms with Crippen LogP contribution in [0.1, 0.15) is 30.1 Å². The Kier molecular flexibility index (Phi) is 9.03. The first-order valence-electron chi connectivity index (χ1n) is 8.81. The summed E-state index contributed by atoms with van der Waals surface area (Å²) in [6, 6.07) is 10.6. The first-order valence-corrected chi connectivity index (χ1v) is 8.81. The molecular weight excluding hydrogens is 383 g/mol. The van der Waals surface area contributed by atoms with Crippen molar-refractivity contribution in [2.24, 2.45) is 0 Å². The fourth-order valence-electron chi connectivity index (χ4n) is 3.17. The van der Waals surface area contributed by atoms with E-state index in [9.17, 15) is 4.79 Å². The number of carbonyl (C=O) groups excluding carboxylic acids is 1. The Morgan fingerprint density at radius 2 is 1.85 bits per heavy atom. The molecule has 0 bridgehead atoms. The molecule has 2 aromatic rings. The zero-order valence-electron chi connectivity index (χ0n) is 15.9. The van der Waals surface area contributed by atoms with E-state index in [-0.39, 0.29) is 36.8 Å². The molecule has 1 fully saturated rings. The molecular formula is C20H28Cl2N4O. The molecule has 1 amide bonds. The minimum atomic E-state index is -0.0557. The molecule has 1 aromatic heterocycles. The van der Waals surface area contributed by atoms with Crippen molar-refractivity contribution in [1.29, 1.82) is 0 Å². The zero-order valence-corrected chi connectivity index (χ0v) is 17.6. The average Bonchev–Trinajstić information content (AvgIpc) is 2.64. The van der Waals surface area contributed by atoms with Gasteiger partial charge in [-0.3, -0.25) is 9.78 Å². The molecule has 1 aliphatic heterocycles. The summed E-state index contributed by atoms with van der Waals surface area (Å²) >= 11 is 0. The molecule has 1 aromatic carbocycles. The van der Waals surface area contributed by atoms with Gasteiger partial charge >= 0.3 is 0 Å². The van der Waals surface area contributed by atoms with Crippen LogP contribution in [0.3, 0.4) is 0 Å². The third kappa shape index (κ3) is 5.83. The van der Waals surface area contributed by atoms with E-state index in [1.54, 1.807) is 12.4 Å². The number of pyridine rings is 1. The zero-order chi connectivity index (χ0) is 17.8. The molecule has 148 valence electrons. The minimum absolute atomic E-state index is 0. The van der Waals surface area contributed by atoms with Gasteiger partial charge in [-0.05, 0) is 50.1 Å². The van der Waals surface area contributed by atoms with Gasteiger partial charge in [0.15, 0.2) is 0 Å². The maximum Gasteiger partial charge on any atom is 0.253 e. The summed E-state index contributed by atoms with van der Waals surface area (Å²) < 4.78 is 0. The molecule has 2 heterocycles. The van der Waals surface area contributed by atoms with E-state index in [0.29, 0.717) is 11.6 Å². The van der Waals surface area contributed by atoms with Gasteiger partial charge in [0.05, 0.1) is 5.56 Å². The summed E-state index contributed by atoms with van der Waals surface area (Å²) in [6.45, 7) is 3.14. The van der Waals surface area contributed by atoms with Crippen molar-refractivity contribution < 1.29 is 4.79 Å². The first kappa shape index (κ1) is 23.2. The molecule has 7 heteroatoms. The summed E-state index contributed by atoms with van der Waals surface area (Å²) in [6.07, 6.45) is 5.53. The molecule has 3 rings (SSSR count). The lowest BCUT2D eigenvalue weighted by Crippen LogP contribution is -2.51. The fourth-order valence-corrected chi connectivity index (χ4v) is 3.17. The Bertz CT molecular complexity index is 737. The first-order chi connectivity index (χ1) is 12.0. The number of amides is 1. The number of carbonyl (C=O) groups is 1. The van der Waals surface area contributed by atoms with E-state index in [4.69, 9.17) is 0 Å². The van der Waals surface area contributed by atoms with E-state index >= 15 is 0 Å². The van der Waals surface area contributed by atoms with Gasteiger partial charge in [0.2, 0.25) is 0 Å². The number of aromatic nitrogens is 1. The largest absolute Gasteiger partial charge is 0.378 e. The van der Waals surface area contributed by atoms with Crippen LogP contribution in [0, 0.1) is 0 Å². The highest BCUT2D eigenvalue weighted by Crippen LogP contribution is 2.22. The number of halogens is 2. The van der Waals surface area contributed by atoms with Crippen LogP contribution in [0.4, 0.5) is 5.69 Å². The van der Waals surface area contributed by atoms with Gasteiger partial charge < -0.3 is 15.5 Å². The highest BCUT2D eigenvalue weighted by Gasteiger charge is 2.23. The van der Waals surface area contributed by atoms with Crippen LogP contribution in [0.25, 0.3) is 11.1 Å². The van der Waals surface area contributed by atoms with Crippen molar-refractivity contribution in [3.8, 4) is 11.1 Å². The van der Waals surface area contributed by atoms with Crippen LogP contribution in [0.2, 0.25) is 0 Å². The maximum atomic E-state index is 12.6. The summed E-state index contributed by atoms with van der Waals surface area (Å²) in [7, 11) is 4.03. The highest BCUT2D eigenvalue weighted by atomic mass is 35.5. The average molecular weight is 411 g/mol. The third-order valence-corrected chi connectivity index (χ3v) is 4.80. The third-order valence-electron chi connectivity index (χ3n) is 4.80. The Morgan fingerprint density at radius 3 is 2.48 bits per heavy atom. The smallest absolute Gasteiger partial charge is 0.253 e. The number of hydrogen-bond donors (Lipinski definition) is 2. The molecule has 1 aliphatic rings. The van der Waals surface area contributed by atoms with Crippen molar-refractivity contribution in [3.63, 3.8) is 0 Å².